The lowest BCUT2D eigenvalue weighted by Gasteiger charge is -2.05. The molecule has 0 aliphatic carbocycles. The van der Waals surface area contributed by atoms with E-state index >= 15 is 0 Å². The van der Waals surface area contributed by atoms with Gasteiger partial charge in [0.2, 0.25) is 0 Å². The van der Waals surface area contributed by atoms with Crippen molar-refractivity contribution in [3.8, 4) is 5.75 Å². The Labute approximate surface area is 90.7 Å². The van der Waals surface area contributed by atoms with Crippen molar-refractivity contribution in [2.24, 2.45) is 0 Å². The lowest BCUT2D eigenvalue weighted by Crippen LogP contribution is -2.37. The largest absolute Gasteiger partial charge is 0.484 e. The van der Waals surface area contributed by atoms with Gasteiger partial charge in [-0.3, -0.25) is 10.2 Å². The van der Waals surface area contributed by atoms with Crippen molar-refractivity contribution in [1.29, 1.82) is 0 Å². The van der Waals surface area contributed by atoms with Crippen LogP contribution in [0.2, 0.25) is 0 Å². The van der Waals surface area contributed by atoms with Crippen LogP contribution in [0.4, 0.5) is 0 Å². The van der Waals surface area contributed by atoms with Gasteiger partial charge in [0.25, 0.3) is 5.91 Å². The van der Waals surface area contributed by atoms with Crippen LogP contribution >= 0.6 is 15.9 Å². The SMILES string of the molecule is CNNC(=O)COc1ccc(Br)cc1. The van der Waals surface area contributed by atoms with Crippen molar-refractivity contribution in [3.63, 3.8) is 0 Å². The molecule has 0 spiro atoms. The highest BCUT2D eigenvalue weighted by atomic mass is 79.9. The second-order valence-electron chi connectivity index (χ2n) is 2.54. The summed E-state index contributed by atoms with van der Waals surface area (Å²) in [5, 5.41) is 0. The Bertz CT molecular complexity index is 300. The number of benzene rings is 1. The highest BCUT2D eigenvalue weighted by Crippen LogP contribution is 2.15. The molecule has 0 bridgehead atoms. The number of hydrogen-bond acceptors (Lipinski definition) is 3. The zero-order valence-electron chi connectivity index (χ0n) is 7.71. The van der Waals surface area contributed by atoms with Crippen molar-refractivity contribution in [2.75, 3.05) is 13.7 Å². The van der Waals surface area contributed by atoms with Gasteiger partial charge in [-0.25, -0.2) is 5.43 Å². The van der Waals surface area contributed by atoms with Crippen molar-refractivity contribution in [2.45, 2.75) is 0 Å². The van der Waals surface area contributed by atoms with Gasteiger partial charge in [-0.15, -0.1) is 0 Å². The van der Waals surface area contributed by atoms with E-state index in [9.17, 15) is 4.79 Å². The predicted octanol–water partition coefficient (Wildman–Crippen LogP) is 1.08. The van der Waals surface area contributed by atoms with Crippen LogP contribution in [0.25, 0.3) is 0 Å². The topological polar surface area (TPSA) is 50.4 Å². The lowest BCUT2D eigenvalue weighted by molar-refractivity contribution is -0.123. The van der Waals surface area contributed by atoms with Gasteiger partial charge in [0.1, 0.15) is 5.75 Å². The molecule has 2 N–H and O–H groups in total. The molecule has 1 amide bonds. The van der Waals surface area contributed by atoms with Gasteiger partial charge in [0.15, 0.2) is 6.61 Å². The maximum absolute atomic E-state index is 11.0. The molecule has 5 heteroatoms. The van der Waals surface area contributed by atoms with Crippen LogP contribution in [0.15, 0.2) is 28.7 Å². The third-order valence-electron chi connectivity index (χ3n) is 1.45. The molecule has 0 heterocycles. The number of amides is 1. The normalized spacial score (nSPS) is 9.57. The summed E-state index contributed by atoms with van der Waals surface area (Å²) in [5.41, 5.74) is 4.93. The van der Waals surface area contributed by atoms with Crippen LogP contribution < -0.4 is 15.6 Å². The summed E-state index contributed by atoms with van der Waals surface area (Å²) in [6.45, 7) is 0.00245. The van der Waals surface area contributed by atoms with Crippen LogP contribution in [0.1, 0.15) is 0 Å². The van der Waals surface area contributed by atoms with E-state index in [1.165, 1.54) is 0 Å². The van der Waals surface area contributed by atoms with Crippen LogP contribution in [0, 0.1) is 0 Å². The predicted molar refractivity (Wildman–Crippen MR) is 56.8 cm³/mol. The summed E-state index contributed by atoms with van der Waals surface area (Å²) in [6, 6.07) is 7.28. The van der Waals surface area contributed by atoms with Crippen LogP contribution in [-0.2, 0) is 4.79 Å². The molecule has 0 aliphatic heterocycles. The molecule has 0 radical (unpaired) electrons. The Morgan fingerprint density at radius 1 is 1.43 bits per heavy atom. The zero-order chi connectivity index (χ0) is 10.4. The Morgan fingerprint density at radius 2 is 2.07 bits per heavy atom. The summed E-state index contributed by atoms with van der Waals surface area (Å²) in [4.78, 5) is 11.0. The first-order valence-electron chi connectivity index (χ1n) is 4.06. The van der Waals surface area contributed by atoms with Crippen LogP contribution in [0.5, 0.6) is 5.75 Å². The molecule has 0 aromatic heterocycles. The number of hydrazine groups is 1. The molecule has 0 aliphatic rings. The van der Waals surface area contributed by atoms with E-state index in [2.05, 4.69) is 26.8 Å². The first-order valence-corrected chi connectivity index (χ1v) is 4.85. The fourth-order valence-corrected chi connectivity index (χ4v) is 1.12. The average molecular weight is 259 g/mol. The smallest absolute Gasteiger partial charge is 0.271 e. The van der Waals surface area contributed by atoms with Crippen LogP contribution in [-0.4, -0.2) is 19.6 Å². The van der Waals surface area contributed by atoms with Crippen molar-refractivity contribution in [1.82, 2.24) is 10.9 Å². The summed E-state index contributed by atoms with van der Waals surface area (Å²) in [5.74, 6) is 0.454. The number of hydrogen-bond donors (Lipinski definition) is 2. The highest BCUT2D eigenvalue weighted by Gasteiger charge is 2.00. The lowest BCUT2D eigenvalue weighted by atomic mass is 10.3. The molecular formula is C9H11BrN2O2. The Balaban J connectivity index is 2.38. The maximum Gasteiger partial charge on any atom is 0.271 e. The van der Waals surface area contributed by atoms with Crippen LogP contribution in [0.3, 0.4) is 0 Å². The minimum absolute atomic E-state index is 0.00245. The fraction of sp³-hybridized carbons (Fsp3) is 0.222. The molecule has 0 unspecified atom stereocenters. The van der Waals surface area contributed by atoms with E-state index in [-0.39, 0.29) is 12.5 Å². The molecule has 0 saturated heterocycles. The van der Waals surface area contributed by atoms with E-state index in [1.807, 2.05) is 12.1 Å². The molecule has 1 aromatic rings. The first-order chi connectivity index (χ1) is 6.72. The maximum atomic E-state index is 11.0. The highest BCUT2D eigenvalue weighted by molar-refractivity contribution is 9.10. The number of carbonyl (C=O) groups excluding carboxylic acids is 1. The van der Waals surface area contributed by atoms with E-state index in [0.717, 1.165) is 4.47 Å². The standard InChI is InChI=1S/C9H11BrN2O2/c1-11-12-9(13)6-14-8-4-2-7(10)3-5-8/h2-5,11H,6H2,1H3,(H,12,13). The first kappa shape index (κ1) is 11.0. The van der Waals surface area contributed by atoms with Crippen molar-refractivity contribution >= 4 is 21.8 Å². The Morgan fingerprint density at radius 3 is 2.64 bits per heavy atom. The molecule has 0 fully saturated rings. The molecular weight excluding hydrogens is 248 g/mol. The Kier molecular flexibility index (Phi) is 4.42. The molecule has 14 heavy (non-hydrogen) atoms. The van der Waals surface area contributed by atoms with E-state index in [1.54, 1.807) is 19.2 Å². The van der Waals surface area contributed by atoms with Gasteiger partial charge >= 0.3 is 0 Å². The average Bonchev–Trinajstić information content (AvgIpc) is 2.17. The number of carbonyl (C=O) groups is 1. The summed E-state index contributed by atoms with van der Waals surface area (Å²) in [6.07, 6.45) is 0. The second-order valence-corrected chi connectivity index (χ2v) is 3.46. The van der Waals surface area contributed by atoms with Gasteiger partial charge in [-0.05, 0) is 24.3 Å². The van der Waals surface area contributed by atoms with Crippen molar-refractivity contribution in [3.05, 3.63) is 28.7 Å². The molecule has 1 rings (SSSR count). The monoisotopic (exact) mass is 258 g/mol. The molecule has 4 nitrogen and oxygen atoms in total. The zero-order valence-corrected chi connectivity index (χ0v) is 9.30. The third kappa shape index (κ3) is 3.76. The van der Waals surface area contributed by atoms with Gasteiger partial charge in [-0.1, -0.05) is 15.9 Å². The minimum atomic E-state index is -0.213. The number of rotatable bonds is 4. The van der Waals surface area contributed by atoms with Gasteiger partial charge in [0, 0.05) is 11.5 Å². The number of halogens is 1. The quantitative estimate of drug-likeness (QED) is 0.795. The van der Waals surface area contributed by atoms with Gasteiger partial charge in [0.05, 0.1) is 0 Å². The summed E-state index contributed by atoms with van der Waals surface area (Å²) >= 11 is 3.31. The minimum Gasteiger partial charge on any atom is -0.484 e. The molecule has 76 valence electrons. The van der Waals surface area contributed by atoms with E-state index in [0.29, 0.717) is 5.75 Å². The second kappa shape index (κ2) is 5.62. The summed E-state index contributed by atoms with van der Waals surface area (Å²) < 4.78 is 6.18. The Hall–Kier alpha value is -1.07. The third-order valence-corrected chi connectivity index (χ3v) is 1.98. The van der Waals surface area contributed by atoms with E-state index in [4.69, 9.17) is 4.74 Å². The van der Waals surface area contributed by atoms with Gasteiger partial charge < -0.3 is 4.74 Å². The number of nitrogens with one attached hydrogen (secondary N) is 2. The van der Waals surface area contributed by atoms with E-state index < -0.39 is 0 Å². The molecule has 1 aromatic carbocycles. The van der Waals surface area contributed by atoms with Gasteiger partial charge in [-0.2, -0.15) is 0 Å². The number of ether oxygens (including phenoxy) is 1. The molecule has 0 atom stereocenters. The molecule has 0 saturated carbocycles. The van der Waals surface area contributed by atoms with Crippen molar-refractivity contribution < 1.29 is 9.53 Å². The fourth-order valence-electron chi connectivity index (χ4n) is 0.855. The summed E-state index contributed by atoms with van der Waals surface area (Å²) in [7, 11) is 1.62.